The molecule has 0 bridgehead atoms. The number of fused-ring (bicyclic) bond motifs is 4. The maximum Gasteiger partial charge on any atom is 0.104 e. The smallest absolute Gasteiger partial charge is 0.104 e. The number of para-hydroxylation sites is 4. The predicted octanol–water partition coefficient (Wildman–Crippen LogP) is 19.4. The monoisotopic (exact) mass is 1210 g/mol. The lowest BCUT2D eigenvalue weighted by molar-refractivity contribution is 0.101. The highest BCUT2D eigenvalue weighted by atomic mass is 15.5. The SMILES string of the molecule is [2H]C([2H])([2H])C1N(c2ccccc2C)C(C)=C2C=CC([2H])(C3CCCC3)N21.[2H]C([2H])([2H])C1N(c2ccccc2C)C(C)=C2C=CC([2H])([2H])N21.[2H]C([2H])([2H])C1N(c2ccccc2C)C(C)=C2C=CC([2H])(c3ccccc3)N21.[2H]C([2H])([2H])C1N(c2ccccc2C)C(C)=C2C=CC(c3ccccc3)(C3CCCC3)N21. The van der Waals surface area contributed by atoms with Crippen LogP contribution < -0.4 is 19.6 Å². The molecule has 0 radical (unpaired) electrons. The second-order valence-corrected chi connectivity index (χ2v) is 25.3. The maximum absolute atomic E-state index is 9.24. The largest absolute Gasteiger partial charge is 0.346 e. The van der Waals surface area contributed by atoms with Crippen LogP contribution >= 0.6 is 0 Å². The van der Waals surface area contributed by atoms with Crippen LogP contribution in [-0.2, 0) is 5.54 Å². The van der Waals surface area contributed by atoms with Crippen LogP contribution in [0.1, 0.15) is 168 Å². The van der Waals surface area contributed by atoms with E-state index >= 15 is 0 Å². The van der Waals surface area contributed by atoms with Crippen LogP contribution in [0.3, 0.4) is 0 Å². The third kappa shape index (κ3) is 10.4. The molecule has 8 aliphatic heterocycles. The van der Waals surface area contributed by atoms with E-state index in [-0.39, 0.29) is 5.92 Å². The van der Waals surface area contributed by atoms with E-state index in [1.54, 1.807) is 22.0 Å². The van der Waals surface area contributed by atoms with Gasteiger partial charge < -0.3 is 39.2 Å². The molecule has 10 aliphatic rings. The lowest BCUT2D eigenvalue weighted by Gasteiger charge is -2.47. The van der Waals surface area contributed by atoms with Gasteiger partial charge in [0.1, 0.15) is 24.7 Å². The van der Waals surface area contributed by atoms with E-state index in [4.69, 9.17) is 19.2 Å². The molecule has 7 unspecified atom stereocenters. The van der Waals surface area contributed by atoms with E-state index in [1.165, 1.54) is 29.4 Å². The van der Waals surface area contributed by atoms with Crippen molar-refractivity contribution in [1.29, 1.82) is 0 Å². The van der Waals surface area contributed by atoms with Crippen molar-refractivity contribution >= 4 is 22.7 Å². The highest BCUT2D eigenvalue weighted by Crippen LogP contribution is 2.56. The number of allylic oxidation sites excluding steroid dienone is 8. The first kappa shape index (κ1) is 44.2. The van der Waals surface area contributed by atoms with E-state index in [0.717, 1.165) is 129 Å². The zero-order valence-electron chi connectivity index (χ0n) is 69.3. The van der Waals surface area contributed by atoms with Crippen LogP contribution in [-0.4, -0.2) is 56.8 Å². The molecular formula is C82H96N8. The summed E-state index contributed by atoms with van der Waals surface area (Å²) in [4.78, 5) is 14.8. The molecule has 0 amide bonds. The third-order valence-electron chi connectivity index (χ3n) is 20.2. The van der Waals surface area contributed by atoms with E-state index in [0.29, 0.717) is 11.6 Å². The van der Waals surface area contributed by atoms with Gasteiger partial charge in [0.25, 0.3) is 0 Å². The Hall–Kier alpha value is -8.36. The summed E-state index contributed by atoms with van der Waals surface area (Å²) < 4.78 is 134. The first-order valence-electron chi connectivity index (χ1n) is 40.3. The van der Waals surface area contributed by atoms with E-state index in [2.05, 4.69) is 66.1 Å². The van der Waals surface area contributed by atoms with Crippen molar-refractivity contribution in [1.82, 2.24) is 19.6 Å². The molecule has 0 spiro atoms. The topological polar surface area (TPSA) is 25.9 Å². The number of anilines is 4. The van der Waals surface area contributed by atoms with Gasteiger partial charge in [-0.25, -0.2) is 0 Å². The Morgan fingerprint density at radius 2 is 0.856 bits per heavy atom. The molecular weight excluding hydrogens is 1100 g/mol. The third-order valence-corrected chi connectivity index (χ3v) is 20.2. The van der Waals surface area contributed by atoms with Crippen molar-refractivity contribution in [3.8, 4) is 0 Å². The number of nitrogens with zero attached hydrogens (tertiary/aromatic N) is 8. The van der Waals surface area contributed by atoms with Crippen LogP contribution in [0.25, 0.3) is 0 Å². The lowest BCUT2D eigenvalue weighted by atomic mass is 9.76. The summed E-state index contributed by atoms with van der Waals surface area (Å²) in [5.74, 6) is 0.587. The first-order valence-corrected chi connectivity index (χ1v) is 32.3. The predicted molar refractivity (Wildman–Crippen MR) is 377 cm³/mol. The number of hydrogen-bond acceptors (Lipinski definition) is 8. The molecule has 0 N–H and O–H groups in total. The zero-order valence-corrected chi connectivity index (χ0v) is 53.3. The van der Waals surface area contributed by atoms with Crippen LogP contribution in [0, 0.1) is 39.5 Å². The van der Waals surface area contributed by atoms with Gasteiger partial charge in [0.2, 0.25) is 0 Å². The Labute approximate surface area is 562 Å². The van der Waals surface area contributed by atoms with Gasteiger partial charge in [0, 0.05) is 68.5 Å². The van der Waals surface area contributed by atoms with Gasteiger partial charge in [-0.2, -0.15) is 0 Å². The van der Waals surface area contributed by atoms with Crippen molar-refractivity contribution in [2.24, 2.45) is 11.8 Å². The summed E-state index contributed by atoms with van der Waals surface area (Å²) >= 11 is 0. The molecule has 6 aromatic carbocycles. The summed E-state index contributed by atoms with van der Waals surface area (Å²) in [5.41, 5.74) is 16.1. The van der Waals surface area contributed by atoms with Gasteiger partial charge in [0.15, 0.2) is 0 Å². The number of hydrogen-bond donors (Lipinski definition) is 0. The standard InChI is InChI=1S/C26H30N2.C21H22N2.C20H26N2.C15H18N2/c1-19-11-7-10-16-24(19)27-20(2)25-17-18-26(28(25)21(27)3,23-14-8-9-15-23)22-12-5-4-6-13-22;1-15-9-7-8-12-19(15)22-16(2)20-13-14-21(23(20)17(22)3)18-10-5-4-6-11-18;1-14-8-4-7-11-18(14)21-15(2)19-12-13-20(22(19)16(21)3)17-9-5-6-10-17;1-11-7-4-5-8-14(11)17-12(2)15-9-6-10-16(15)13(17)3/h4-7,10-13,16-18,21,23H,8-9,14-15H2,1-3H3;4-14,17,21H,1-3H3;4,7-8,11-13,16-17,20H,5-6,9-10H2,1-3H3;4-9,13H,10H2,1-3H3/i3D3;3D3,21D;3D3,20D;3D3,10D2. The Morgan fingerprint density at radius 1 is 0.422 bits per heavy atom. The molecule has 0 aromatic heterocycles. The normalized spacial score (nSPS) is 30.8. The van der Waals surface area contributed by atoms with Crippen molar-refractivity contribution in [2.75, 3.05) is 26.1 Å². The highest BCUT2D eigenvalue weighted by molar-refractivity contribution is 5.67. The van der Waals surface area contributed by atoms with E-state index in [1.807, 2.05) is 202 Å². The minimum atomic E-state index is -2.34. The van der Waals surface area contributed by atoms with Gasteiger partial charge in [0.05, 0.1) is 45.8 Å². The molecule has 2 saturated carbocycles. The summed E-state index contributed by atoms with van der Waals surface area (Å²) in [5, 5.41) is 0. The fourth-order valence-corrected chi connectivity index (χ4v) is 15.6. The van der Waals surface area contributed by atoms with Gasteiger partial charge in [-0.3, -0.25) is 0 Å². The molecule has 8 nitrogen and oxygen atoms in total. The van der Waals surface area contributed by atoms with Crippen LogP contribution in [0.5, 0.6) is 0 Å². The van der Waals surface area contributed by atoms with E-state index in [9.17, 15) is 2.74 Å². The van der Waals surface area contributed by atoms with Crippen LogP contribution in [0.2, 0.25) is 0 Å². The van der Waals surface area contributed by atoms with Gasteiger partial charge in [-0.15, -0.1) is 0 Å². The van der Waals surface area contributed by atoms with Crippen LogP contribution in [0.4, 0.5) is 22.7 Å². The van der Waals surface area contributed by atoms with Crippen LogP contribution in [0.15, 0.2) is 252 Å². The highest BCUT2D eigenvalue weighted by Gasteiger charge is 2.54. The molecule has 7 atom stereocenters. The fourth-order valence-electron chi connectivity index (χ4n) is 15.6. The number of rotatable bonds is 8. The van der Waals surface area contributed by atoms with Gasteiger partial charge in [-0.05, 0) is 202 Å². The fraction of sp³-hybridized carbons (Fsp3) is 0.366. The summed E-state index contributed by atoms with van der Waals surface area (Å²) in [6, 6.07) is 49.1. The number of aryl methyl sites for hydroxylation is 4. The van der Waals surface area contributed by atoms with Crippen molar-refractivity contribution in [2.45, 2.75) is 176 Å². The van der Waals surface area contributed by atoms with E-state index < -0.39 is 76.1 Å². The molecule has 16 rings (SSSR count). The Morgan fingerprint density at radius 3 is 1.39 bits per heavy atom. The molecule has 464 valence electrons. The molecule has 90 heavy (non-hydrogen) atoms. The Bertz CT molecular complexity index is 4560. The van der Waals surface area contributed by atoms with Crippen molar-refractivity contribution in [3.05, 3.63) is 285 Å². The quantitative estimate of drug-likeness (QED) is 0.149. The Kier molecular flexibility index (Phi) is 12.3. The summed E-state index contributed by atoms with van der Waals surface area (Å²) in [6.45, 7) is 4.97. The first-order chi connectivity index (χ1) is 50.0. The molecule has 8 heterocycles. The Balaban J connectivity index is 0.000000126. The molecule has 0 saturated heterocycles. The summed E-state index contributed by atoms with van der Waals surface area (Å²) in [7, 11) is 0. The molecule has 2 fully saturated rings. The molecule has 8 heteroatoms. The average Bonchev–Trinajstić information content (AvgIpc) is 1.61. The lowest BCUT2D eigenvalue weighted by Crippen LogP contribution is -2.51. The second-order valence-electron chi connectivity index (χ2n) is 25.3. The maximum atomic E-state index is 9.24. The van der Waals surface area contributed by atoms with Gasteiger partial charge in [-0.1, -0.05) is 183 Å². The molecule has 6 aromatic rings. The second kappa shape index (κ2) is 25.1. The minimum absolute atomic E-state index is 0.186. The van der Waals surface area contributed by atoms with Crippen molar-refractivity contribution < 1.29 is 21.9 Å². The molecule has 2 aliphatic carbocycles. The zero-order chi connectivity index (χ0) is 76.2. The average molecular weight is 1210 g/mol. The minimum Gasteiger partial charge on any atom is -0.346 e. The summed E-state index contributed by atoms with van der Waals surface area (Å²) in [6.07, 6.45) is 20.5. The van der Waals surface area contributed by atoms with Crippen molar-refractivity contribution in [3.63, 3.8) is 0 Å². The van der Waals surface area contributed by atoms with Gasteiger partial charge >= 0.3 is 0 Å². The number of benzene rings is 6.